The lowest BCUT2D eigenvalue weighted by Gasteiger charge is -2.13. The Hall–Kier alpha value is -0.400. The first-order valence-corrected chi connectivity index (χ1v) is 6.02. The van der Waals surface area contributed by atoms with Crippen LogP contribution in [0.15, 0.2) is 6.20 Å². The second-order valence-corrected chi connectivity index (χ2v) is 5.05. The van der Waals surface area contributed by atoms with Crippen LogP contribution < -0.4 is 5.73 Å². The lowest BCUT2D eigenvalue weighted by atomic mass is 10.3. The summed E-state index contributed by atoms with van der Waals surface area (Å²) in [5.41, 5.74) is 5.60. The van der Waals surface area contributed by atoms with Gasteiger partial charge in [0, 0.05) is 44.9 Å². The zero-order valence-electron chi connectivity index (χ0n) is 9.96. The van der Waals surface area contributed by atoms with Gasteiger partial charge in [0.1, 0.15) is 0 Å². The van der Waals surface area contributed by atoms with Crippen molar-refractivity contribution in [2.45, 2.75) is 18.8 Å². The minimum atomic E-state index is 0. The third-order valence-electron chi connectivity index (χ3n) is 2.85. The molecule has 1 aromatic rings. The highest BCUT2D eigenvalue weighted by Crippen LogP contribution is 2.21. The van der Waals surface area contributed by atoms with E-state index in [-0.39, 0.29) is 24.6 Å². The number of anilines is 1. The zero-order valence-corrected chi connectivity index (χ0v) is 11.6. The Morgan fingerprint density at radius 2 is 2.00 bits per heavy atom. The molecule has 1 saturated heterocycles. The van der Waals surface area contributed by atoms with Crippen LogP contribution >= 0.6 is 23.7 Å². The predicted molar refractivity (Wildman–Crippen MR) is 70.6 cm³/mol. The Balaban J connectivity index is 0.00000144. The van der Waals surface area contributed by atoms with E-state index in [1.165, 1.54) is 16.2 Å². The lowest BCUT2D eigenvalue weighted by molar-refractivity contribution is -0.00461. The fourth-order valence-corrected chi connectivity index (χ4v) is 2.74. The van der Waals surface area contributed by atoms with Crippen LogP contribution in [0, 0.1) is 0 Å². The zero-order chi connectivity index (χ0) is 11.5. The first kappa shape index (κ1) is 14.7. The molecule has 1 aromatic heterocycles. The number of hydrogen-bond acceptors (Lipinski definition) is 6. The monoisotopic (exact) mass is 279 g/mol. The molecule has 5 nitrogen and oxygen atoms in total. The van der Waals surface area contributed by atoms with E-state index in [4.69, 9.17) is 15.2 Å². The minimum Gasteiger partial charge on any atom is -0.377 e. The van der Waals surface area contributed by atoms with E-state index in [1.807, 2.05) is 6.20 Å². The molecule has 0 aliphatic carbocycles. The first-order valence-electron chi connectivity index (χ1n) is 5.21. The van der Waals surface area contributed by atoms with Gasteiger partial charge in [0.15, 0.2) is 5.13 Å². The smallest absolute Gasteiger partial charge is 0.180 e. The SMILES string of the molecule is COC1CN(Cc2cnc(N)s2)CC1OC.Cl. The predicted octanol–water partition coefficient (Wildman–Crippen LogP) is 0.993. The van der Waals surface area contributed by atoms with Gasteiger partial charge in [0.25, 0.3) is 0 Å². The van der Waals surface area contributed by atoms with E-state index in [0.29, 0.717) is 5.13 Å². The van der Waals surface area contributed by atoms with Crippen molar-refractivity contribution in [3.05, 3.63) is 11.1 Å². The summed E-state index contributed by atoms with van der Waals surface area (Å²) < 4.78 is 10.8. The number of likely N-dealkylation sites (tertiary alicyclic amines) is 1. The van der Waals surface area contributed by atoms with Crippen molar-refractivity contribution in [2.24, 2.45) is 0 Å². The Morgan fingerprint density at radius 3 is 2.41 bits per heavy atom. The Kier molecular flexibility index (Phi) is 5.61. The number of aromatic nitrogens is 1. The van der Waals surface area contributed by atoms with E-state index in [9.17, 15) is 0 Å². The average Bonchev–Trinajstić information content (AvgIpc) is 2.85. The standard InChI is InChI=1S/C10H17N3O2S.ClH/c1-14-8-5-13(6-9(8)15-2)4-7-3-12-10(11)16-7;/h3,8-9H,4-6H2,1-2H3,(H2,11,12);1H. The van der Waals surface area contributed by atoms with Gasteiger partial charge in [-0.15, -0.1) is 23.7 Å². The molecule has 98 valence electrons. The Labute approximate surface area is 111 Å². The number of nitrogen functional groups attached to an aromatic ring is 1. The third kappa shape index (κ3) is 3.53. The Bertz CT molecular complexity index is 338. The highest BCUT2D eigenvalue weighted by molar-refractivity contribution is 7.15. The molecule has 0 spiro atoms. The number of thiazole rings is 1. The summed E-state index contributed by atoms with van der Waals surface area (Å²) in [6.45, 7) is 2.66. The molecule has 0 bridgehead atoms. The van der Waals surface area contributed by atoms with Crippen molar-refractivity contribution in [2.75, 3.05) is 33.0 Å². The molecule has 0 saturated carbocycles. The van der Waals surface area contributed by atoms with Gasteiger partial charge < -0.3 is 15.2 Å². The molecule has 0 aromatic carbocycles. The van der Waals surface area contributed by atoms with Gasteiger partial charge in [-0.1, -0.05) is 0 Å². The molecule has 17 heavy (non-hydrogen) atoms. The van der Waals surface area contributed by atoms with Crippen LogP contribution in [0.2, 0.25) is 0 Å². The number of halogens is 1. The summed E-state index contributed by atoms with van der Waals surface area (Å²) in [5, 5.41) is 0.626. The molecule has 1 aliphatic rings. The fraction of sp³-hybridized carbons (Fsp3) is 0.700. The topological polar surface area (TPSA) is 60.6 Å². The van der Waals surface area contributed by atoms with Crippen molar-refractivity contribution >= 4 is 28.9 Å². The van der Waals surface area contributed by atoms with Gasteiger partial charge in [-0.3, -0.25) is 4.90 Å². The molecular formula is C10H18ClN3O2S. The molecule has 0 radical (unpaired) electrons. The van der Waals surface area contributed by atoms with E-state index in [1.54, 1.807) is 14.2 Å². The van der Waals surface area contributed by atoms with Crippen LogP contribution in [-0.2, 0) is 16.0 Å². The van der Waals surface area contributed by atoms with Crippen LogP contribution in [0.5, 0.6) is 0 Å². The summed E-state index contributed by atoms with van der Waals surface area (Å²) >= 11 is 1.54. The second kappa shape index (κ2) is 6.51. The summed E-state index contributed by atoms with van der Waals surface area (Å²) in [7, 11) is 3.45. The largest absolute Gasteiger partial charge is 0.377 e. The summed E-state index contributed by atoms with van der Waals surface area (Å²) in [6, 6.07) is 0. The molecule has 2 rings (SSSR count). The highest BCUT2D eigenvalue weighted by atomic mass is 35.5. The van der Waals surface area contributed by atoms with Crippen LogP contribution in [0.3, 0.4) is 0 Å². The van der Waals surface area contributed by atoms with Gasteiger partial charge in [0.2, 0.25) is 0 Å². The van der Waals surface area contributed by atoms with Gasteiger partial charge in [-0.2, -0.15) is 0 Å². The normalized spacial score (nSPS) is 24.8. The van der Waals surface area contributed by atoms with E-state index in [0.717, 1.165) is 19.6 Å². The first-order chi connectivity index (χ1) is 7.72. The number of nitrogens with two attached hydrogens (primary N) is 1. The summed E-state index contributed by atoms with van der Waals surface area (Å²) in [6.07, 6.45) is 2.16. The Morgan fingerprint density at radius 1 is 1.41 bits per heavy atom. The maximum atomic E-state index is 5.60. The molecule has 7 heteroatoms. The minimum absolute atomic E-state index is 0. The summed E-state index contributed by atoms with van der Waals surface area (Å²) in [4.78, 5) is 7.53. The van der Waals surface area contributed by atoms with Crippen molar-refractivity contribution in [3.63, 3.8) is 0 Å². The van der Waals surface area contributed by atoms with E-state index in [2.05, 4.69) is 9.88 Å². The molecule has 2 N–H and O–H groups in total. The number of methoxy groups -OCH3 is 2. The van der Waals surface area contributed by atoms with Crippen molar-refractivity contribution in [1.29, 1.82) is 0 Å². The van der Waals surface area contributed by atoms with Gasteiger partial charge in [-0.05, 0) is 0 Å². The molecule has 2 heterocycles. The number of rotatable bonds is 4. The summed E-state index contributed by atoms with van der Waals surface area (Å²) in [5.74, 6) is 0. The third-order valence-corrected chi connectivity index (χ3v) is 3.66. The van der Waals surface area contributed by atoms with Crippen LogP contribution in [-0.4, -0.2) is 49.4 Å². The van der Waals surface area contributed by atoms with Crippen molar-refractivity contribution < 1.29 is 9.47 Å². The lowest BCUT2D eigenvalue weighted by Crippen LogP contribution is -2.27. The number of nitrogens with zero attached hydrogens (tertiary/aromatic N) is 2. The number of ether oxygens (including phenoxy) is 2. The van der Waals surface area contributed by atoms with Gasteiger partial charge in [-0.25, -0.2) is 4.98 Å². The van der Waals surface area contributed by atoms with E-state index < -0.39 is 0 Å². The second-order valence-electron chi connectivity index (χ2n) is 3.91. The van der Waals surface area contributed by atoms with Gasteiger partial charge >= 0.3 is 0 Å². The molecular weight excluding hydrogens is 262 g/mol. The molecule has 0 amide bonds. The maximum Gasteiger partial charge on any atom is 0.180 e. The van der Waals surface area contributed by atoms with Crippen LogP contribution in [0.25, 0.3) is 0 Å². The van der Waals surface area contributed by atoms with Crippen LogP contribution in [0.1, 0.15) is 4.88 Å². The molecule has 2 atom stereocenters. The average molecular weight is 280 g/mol. The molecule has 1 aliphatic heterocycles. The van der Waals surface area contributed by atoms with Crippen LogP contribution in [0.4, 0.5) is 5.13 Å². The molecule has 1 fully saturated rings. The van der Waals surface area contributed by atoms with Crippen molar-refractivity contribution in [1.82, 2.24) is 9.88 Å². The maximum absolute atomic E-state index is 5.60. The number of hydrogen-bond donors (Lipinski definition) is 1. The molecule has 2 unspecified atom stereocenters. The fourth-order valence-electron chi connectivity index (χ4n) is 2.02. The quantitative estimate of drug-likeness (QED) is 0.891. The van der Waals surface area contributed by atoms with Gasteiger partial charge in [0.05, 0.1) is 12.2 Å². The van der Waals surface area contributed by atoms with E-state index >= 15 is 0 Å². The highest BCUT2D eigenvalue weighted by Gasteiger charge is 2.32. The van der Waals surface area contributed by atoms with Crippen molar-refractivity contribution in [3.8, 4) is 0 Å².